The highest BCUT2D eigenvalue weighted by Gasteiger charge is 2.02. The molecule has 0 unspecified atom stereocenters. The maximum atomic E-state index is 11.6. The van der Waals surface area contributed by atoms with Crippen LogP contribution in [0.5, 0.6) is 5.75 Å². The van der Waals surface area contributed by atoms with E-state index in [0.717, 1.165) is 24.2 Å². The van der Waals surface area contributed by atoms with Crippen LogP contribution in [-0.4, -0.2) is 26.1 Å². The first-order valence-corrected chi connectivity index (χ1v) is 5.86. The van der Waals surface area contributed by atoms with Crippen molar-refractivity contribution in [3.05, 3.63) is 29.8 Å². The second kappa shape index (κ2) is 9.74. The molecule has 0 saturated heterocycles. The Labute approximate surface area is 114 Å². The summed E-state index contributed by atoms with van der Waals surface area (Å²) in [5, 5.41) is 2.87. The molecule has 3 N–H and O–H groups in total. The van der Waals surface area contributed by atoms with Crippen LogP contribution in [0.15, 0.2) is 24.3 Å². The highest BCUT2D eigenvalue weighted by molar-refractivity contribution is 5.85. The summed E-state index contributed by atoms with van der Waals surface area (Å²) in [7, 11) is 1.62. The Bertz CT molecular complexity index is 341. The topological polar surface area (TPSA) is 64.3 Å². The van der Waals surface area contributed by atoms with E-state index in [0.29, 0.717) is 19.5 Å². The highest BCUT2D eigenvalue weighted by Crippen LogP contribution is 2.11. The minimum Gasteiger partial charge on any atom is -0.497 e. The third-order valence-electron chi connectivity index (χ3n) is 2.48. The Balaban J connectivity index is 0.00000289. The number of ether oxygens (including phenoxy) is 1. The summed E-state index contributed by atoms with van der Waals surface area (Å²) in [5.74, 6) is 0.851. The number of unbranched alkanes of at least 4 members (excludes halogenated alkanes) is 1. The van der Waals surface area contributed by atoms with Crippen LogP contribution in [0.1, 0.15) is 18.4 Å². The first kappa shape index (κ1) is 16.7. The van der Waals surface area contributed by atoms with E-state index in [2.05, 4.69) is 5.32 Å². The van der Waals surface area contributed by atoms with Crippen LogP contribution in [0.25, 0.3) is 0 Å². The van der Waals surface area contributed by atoms with Gasteiger partial charge in [-0.05, 0) is 37.1 Å². The van der Waals surface area contributed by atoms with E-state index in [4.69, 9.17) is 10.5 Å². The molecule has 1 rings (SSSR count). The number of rotatable bonds is 7. The summed E-state index contributed by atoms with van der Waals surface area (Å²) in [6.45, 7) is 1.38. The maximum Gasteiger partial charge on any atom is 0.224 e. The van der Waals surface area contributed by atoms with Gasteiger partial charge in [0.05, 0.1) is 13.5 Å². The second-order valence-corrected chi connectivity index (χ2v) is 3.87. The van der Waals surface area contributed by atoms with Crippen LogP contribution in [-0.2, 0) is 11.2 Å². The Hall–Kier alpha value is -1.26. The van der Waals surface area contributed by atoms with Crippen molar-refractivity contribution < 1.29 is 9.53 Å². The minimum atomic E-state index is 0. The largest absolute Gasteiger partial charge is 0.497 e. The maximum absolute atomic E-state index is 11.6. The number of halogens is 1. The monoisotopic (exact) mass is 272 g/mol. The smallest absolute Gasteiger partial charge is 0.224 e. The normalized spacial score (nSPS) is 9.44. The number of nitrogens with one attached hydrogen (secondary N) is 1. The van der Waals surface area contributed by atoms with Gasteiger partial charge in [-0.15, -0.1) is 12.4 Å². The molecule has 0 aliphatic carbocycles. The van der Waals surface area contributed by atoms with E-state index < -0.39 is 0 Å². The standard InChI is InChI=1S/C13H20N2O2.ClH/c1-17-12-6-4-11(5-7-12)10-13(16)15-9-3-2-8-14;/h4-7H,2-3,8-10,14H2,1H3,(H,15,16);1H. The summed E-state index contributed by atoms with van der Waals surface area (Å²) in [5.41, 5.74) is 6.36. The summed E-state index contributed by atoms with van der Waals surface area (Å²) in [6.07, 6.45) is 2.29. The predicted molar refractivity (Wildman–Crippen MR) is 75.2 cm³/mol. The Kier molecular flexibility index (Phi) is 9.06. The van der Waals surface area contributed by atoms with Gasteiger partial charge in [-0.2, -0.15) is 0 Å². The molecule has 5 heteroatoms. The molecule has 18 heavy (non-hydrogen) atoms. The first-order chi connectivity index (χ1) is 8.26. The SMILES string of the molecule is COc1ccc(CC(=O)NCCCCN)cc1.Cl. The lowest BCUT2D eigenvalue weighted by molar-refractivity contribution is -0.120. The van der Waals surface area contributed by atoms with Crippen molar-refractivity contribution in [3.63, 3.8) is 0 Å². The van der Waals surface area contributed by atoms with Crippen molar-refractivity contribution in [2.24, 2.45) is 5.73 Å². The van der Waals surface area contributed by atoms with E-state index in [1.54, 1.807) is 7.11 Å². The van der Waals surface area contributed by atoms with E-state index in [1.165, 1.54) is 0 Å². The Morgan fingerprint density at radius 1 is 1.28 bits per heavy atom. The molecule has 1 amide bonds. The molecule has 0 saturated carbocycles. The zero-order valence-corrected chi connectivity index (χ0v) is 11.5. The number of carbonyl (C=O) groups excluding carboxylic acids is 1. The number of methoxy groups -OCH3 is 1. The van der Waals surface area contributed by atoms with E-state index in [9.17, 15) is 4.79 Å². The van der Waals surface area contributed by atoms with Crippen LogP contribution < -0.4 is 15.8 Å². The summed E-state index contributed by atoms with van der Waals surface area (Å²) < 4.78 is 5.05. The molecule has 0 aliphatic heterocycles. The molecule has 0 radical (unpaired) electrons. The highest BCUT2D eigenvalue weighted by atomic mass is 35.5. The molecule has 102 valence electrons. The summed E-state index contributed by atoms with van der Waals surface area (Å²) >= 11 is 0. The molecule has 0 aliphatic rings. The zero-order valence-electron chi connectivity index (χ0n) is 10.6. The van der Waals surface area contributed by atoms with Crippen molar-refractivity contribution in [2.75, 3.05) is 20.2 Å². The van der Waals surface area contributed by atoms with Gasteiger partial charge in [0, 0.05) is 6.54 Å². The van der Waals surface area contributed by atoms with E-state index in [1.807, 2.05) is 24.3 Å². The van der Waals surface area contributed by atoms with Crippen molar-refractivity contribution in [1.29, 1.82) is 0 Å². The third kappa shape index (κ3) is 6.47. The fourth-order valence-electron chi connectivity index (χ4n) is 1.49. The van der Waals surface area contributed by atoms with Crippen molar-refractivity contribution in [3.8, 4) is 5.75 Å². The van der Waals surface area contributed by atoms with Crippen molar-refractivity contribution in [2.45, 2.75) is 19.3 Å². The molecule has 1 aromatic rings. The van der Waals surface area contributed by atoms with Crippen LogP contribution in [0.4, 0.5) is 0 Å². The van der Waals surface area contributed by atoms with Gasteiger partial charge < -0.3 is 15.8 Å². The van der Waals surface area contributed by atoms with Gasteiger partial charge in [-0.25, -0.2) is 0 Å². The molecular formula is C13H21ClN2O2. The fraction of sp³-hybridized carbons (Fsp3) is 0.462. The summed E-state index contributed by atoms with van der Waals surface area (Å²) in [6, 6.07) is 7.52. The number of amides is 1. The average Bonchev–Trinajstić information content (AvgIpc) is 2.36. The van der Waals surface area contributed by atoms with E-state index >= 15 is 0 Å². The van der Waals surface area contributed by atoms with Gasteiger partial charge in [-0.1, -0.05) is 12.1 Å². The minimum absolute atomic E-state index is 0. The van der Waals surface area contributed by atoms with Crippen molar-refractivity contribution >= 4 is 18.3 Å². The number of nitrogens with two attached hydrogens (primary N) is 1. The third-order valence-corrected chi connectivity index (χ3v) is 2.48. The van der Waals surface area contributed by atoms with Crippen LogP contribution in [0, 0.1) is 0 Å². The quantitative estimate of drug-likeness (QED) is 0.740. The van der Waals surface area contributed by atoms with Gasteiger partial charge in [0.25, 0.3) is 0 Å². The Morgan fingerprint density at radius 3 is 2.50 bits per heavy atom. The van der Waals surface area contributed by atoms with E-state index in [-0.39, 0.29) is 18.3 Å². The van der Waals surface area contributed by atoms with Crippen LogP contribution >= 0.6 is 12.4 Å². The molecule has 0 aromatic heterocycles. The average molecular weight is 273 g/mol. The molecular weight excluding hydrogens is 252 g/mol. The summed E-state index contributed by atoms with van der Waals surface area (Å²) in [4.78, 5) is 11.6. The molecule has 0 atom stereocenters. The zero-order chi connectivity index (χ0) is 12.5. The molecule has 0 fully saturated rings. The van der Waals surface area contributed by atoms with Gasteiger partial charge in [0.1, 0.15) is 5.75 Å². The van der Waals surface area contributed by atoms with Gasteiger partial charge >= 0.3 is 0 Å². The van der Waals surface area contributed by atoms with Crippen molar-refractivity contribution in [1.82, 2.24) is 5.32 Å². The molecule has 0 spiro atoms. The number of carbonyl (C=O) groups is 1. The van der Waals surface area contributed by atoms with Gasteiger partial charge in [0.2, 0.25) is 5.91 Å². The number of hydrogen-bond acceptors (Lipinski definition) is 3. The predicted octanol–water partition coefficient (Wildman–Crippen LogP) is 1.51. The molecule has 1 aromatic carbocycles. The first-order valence-electron chi connectivity index (χ1n) is 5.86. The number of benzene rings is 1. The van der Waals surface area contributed by atoms with Gasteiger partial charge in [-0.3, -0.25) is 4.79 Å². The lowest BCUT2D eigenvalue weighted by Gasteiger charge is -2.05. The fourth-order valence-corrected chi connectivity index (χ4v) is 1.49. The van der Waals surface area contributed by atoms with Crippen LogP contribution in [0.3, 0.4) is 0 Å². The lowest BCUT2D eigenvalue weighted by atomic mass is 10.1. The molecule has 0 bridgehead atoms. The number of hydrogen-bond donors (Lipinski definition) is 2. The second-order valence-electron chi connectivity index (χ2n) is 3.87. The molecule has 0 heterocycles. The van der Waals surface area contributed by atoms with Gasteiger partial charge in [0.15, 0.2) is 0 Å². The lowest BCUT2D eigenvalue weighted by Crippen LogP contribution is -2.26. The van der Waals surface area contributed by atoms with Crippen LogP contribution in [0.2, 0.25) is 0 Å². The Morgan fingerprint density at radius 2 is 1.94 bits per heavy atom. The molecule has 4 nitrogen and oxygen atoms in total.